The first-order chi connectivity index (χ1) is 10.1. The molecule has 0 N–H and O–H groups in total. The lowest BCUT2D eigenvalue weighted by Gasteiger charge is -2.11. The van der Waals surface area contributed by atoms with Gasteiger partial charge in [-0.15, -0.1) is 0 Å². The van der Waals surface area contributed by atoms with Crippen LogP contribution in [0.1, 0.15) is 12.5 Å². The minimum atomic E-state index is -0.943. The Morgan fingerprint density at radius 1 is 1.19 bits per heavy atom. The van der Waals surface area contributed by atoms with E-state index in [-0.39, 0.29) is 5.75 Å². The van der Waals surface area contributed by atoms with E-state index in [1.807, 2.05) is 13.0 Å². The van der Waals surface area contributed by atoms with Crippen molar-refractivity contribution in [3.05, 3.63) is 57.9 Å². The third-order valence-electron chi connectivity index (χ3n) is 2.99. The lowest BCUT2D eigenvalue weighted by Crippen LogP contribution is -1.98. The smallest absolute Gasteiger partial charge is 0.346 e. The zero-order valence-corrected chi connectivity index (χ0v) is 11.6. The Bertz CT molecular complexity index is 673. The highest BCUT2D eigenvalue weighted by molar-refractivity contribution is 5.52. The van der Waals surface area contributed by atoms with Crippen LogP contribution in [0.5, 0.6) is 17.2 Å². The van der Waals surface area contributed by atoms with Gasteiger partial charge in [-0.05, 0) is 36.2 Å². The van der Waals surface area contributed by atoms with Crippen LogP contribution >= 0.6 is 0 Å². The highest BCUT2D eigenvalue weighted by Gasteiger charge is 2.22. The minimum Gasteiger partial charge on any atom is -0.493 e. The summed E-state index contributed by atoms with van der Waals surface area (Å²) in [6, 6.07) is 8.96. The molecule has 2 aromatic carbocycles. The number of hydrogen-bond acceptors (Lipinski definition) is 4. The van der Waals surface area contributed by atoms with E-state index in [2.05, 4.69) is 0 Å². The van der Waals surface area contributed by atoms with Crippen molar-refractivity contribution in [2.24, 2.45) is 0 Å². The molecule has 0 aliphatic rings. The summed E-state index contributed by atoms with van der Waals surface area (Å²) < 4.78 is 24.2. The van der Waals surface area contributed by atoms with Crippen LogP contribution in [0.2, 0.25) is 0 Å². The Kier molecular flexibility index (Phi) is 4.37. The van der Waals surface area contributed by atoms with Crippen molar-refractivity contribution in [1.29, 1.82) is 0 Å². The summed E-state index contributed by atoms with van der Waals surface area (Å²) in [6.07, 6.45) is 0.816. The van der Waals surface area contributed by atoms with Crippen molar-refractivity contribution in [3.8, 4) is 17.2 Å². The van der Waals surface area contributed by atoms with E-state index in [4.69, 9.17) is 9.47 Å². The van der Waals surface area contributed by atoms with Crippen LogP contribution < -0.4 is 9.47 Å². The van der Waals surface area contributed by atoms with Crippen molar-refractivity contribution >= 4 is 5.69 Å². The molecule has 0 atom stereocenters. The number of hydrogen-bond donors (Lipinski definition) is 0. The standard InChI is InChI=1S/C15H14FNO4/c1-3-10-7-8-12(14(9-10)20-2)21-13-6-4-5-11(16)15(13)17(18)19/h4-9H,3H2,1-2H3. The van der Waals surface area contributed by atoms with Gasteiger partial charge in [0.2, 0.25) is 11.6 Å². The molecule has 2 rings (SSSR count). The first-order valence-corrected chi connectivity index (χ1v) is 6.34. The quantitative estimate of drug-likeness (QED) is 0.614. The van der Waals surface area contributed by atoms with Crippen LogP contribution in [0.25, 0.3) is 0 Å². The van der Waals surface area contributed by atoms with Crippen LogP contribution in [0, 0.1) is 15.9 Å². The molecule has 6 heteroatoms. The minimum absolute atomic E-state index is 0.164. The number of aryl methyl sites for hydroxylation is 1. The number of nitrogens with zero attached hydrogens (tertiary/aromatic N) is 1. The molecular formula is C15H14FNO4. The molecule has 21 heavy (non-hydrogen) atoms. The number of ether oxygens (including phenoxy) is 2. The average Bonchev–Trinajstić information content (AvgIpc) is 2.47. The molecule has 110 valence electrons. The van der Waals surface area contributed by atoms with Crippen molar-refractivity contribution in [3.63, 3.8) is 0 Å². The zero-order chi connectivity index (χ0) is 15.4. The van der Waals surface area contributed by atoms with Gasteiger partial charge in [-0.1, -0.05) is 19.1 Å². The van der Waals surface area contributed by atoms with Gasteiger partial charge < -0.3 is 9.47 Å². The summed E-state index contributed by atoms with van der Waals surface area (Å²) in [7, 11) is 1.47. The Morgan fingerprint density at radius 2 is 1.95 bits per heavy atom. The van der Waals surface area contributed by atoms with Crippen molar-refractivity contribution in [2.45, 2.75) is 13.3 Å². The number of rotatable bonds is 5. The van der Waals surface area contributed by atoms with Crippen LogP contribution in [0.4, 0.5) is 10.1 Å². The van der Waals surface area contributed by atoms with E-state index in [0.717, 1.165) is 18.1 Å². The molecule has 0 aromatic heterocycles. The normalized spacial score (nSPS) is 10.2. The van der Waals surface area contributed by atoms with Gasteiger partial charge in [0.15, 0.2) is 11.5 Å². The van der Waals surface area contributed by atoms with Gasteiger partial charge in [0, 0.05) is 0 Å². The molecule has 0 spiro atoms. The highest BCUT2D eigenvalue weighted by Crippen LogP contribution is 2.37. The number of nitro groups is 1. The molecule has 0 aliphatic carbocycles. The van der Waals surface area contributed by atoms with E-state index in [9.17, 15) is 14.5 Å². The maximum atomic E-state index is 13.6. The van der Waals surface area contributed by atoms with Gasteiger partial charge in [-0.3, -0.25) is 10.1 Å². The zero-order valence-electron chi connectivity index (χ0n) is 11.6. The second kappa shape index (κ2) is 6.21. The number of benzene rings is 2. The predicted molar refractivity (Wildman–Crippen MR) is 75.5 cm³/mol. The van der Waals surface area contributed by atoms with Gasteiger partial charge in [0.05, 0.1) is 12.0 Å². The Labute approximate surface area is 121 Å². The maximum Gasteiger partial charge on any atom is 0.346 e. The fraction of sp³-hybridized carbons (Fsp3) is 0.200. The molecule has 0 amide bonds. The molecule has 5 nitrogen and oxygen atoms in total. The molecule has 0 saturated heterocycles. The molecule has 0 heterocycles. The first-order valence-electron chi connectivity index (χ1n) is 6.34. The van der Waals surface area contributed by atoms with Crippen molar-refractivity contribution in [1.82, 2.24) is 0 Å². The predicted octanol–water partition coefficient (Wildman–Crippen LogP) is 4.10. The summed E-state index contributed by atoms with van der Waals surface area (Å²) >= 11 is 0. The first kappa shape index (κ1) is 14.8. The third kappa shape index (κ3) is 3.10. The van der Waals surface area contributed by atoms with E-state index in [1.165, 1.54) is 19.2 Å². The summed E-state index contributed by atoms with van der Waals surface area (Å²) in [5, 5.41) is 10.9. The second-order valence-electron chi connectivity index (χ2n) is 4.28. The number of halogens is 1. The molecule has 0 fully saturated rings. The Morgan fingerprint density at radius 3 is 2.57 bits per heavy atom. The molecule has 0 radical (unpaired) electrons. The molecule has 2 aromatic rings. The highest BCUT2D eigenvalue weighted by atomic mass is 19.1. The van der Waals surface area contributed by atoms with E-state index >= 15 is 0 Å². The summed E-state index contributed by atoms with van der Waals surface area (Å²) in [6.45, 7) is 1.99. The third-order valence-corrected chi connectivity index (χ3v) is 2.99. The molecule has 0 saturated carbocycles. The van der Waals surface area contributed by atoms with Crippen LogP contribution in [0.15, 0.2) is 36.4 Å². The lowest BCUT2D eigenvalue weighted by atomic mass is 10.1. The molecule has 0 unspecified atom stereocenters. The van der Waals surface area contributed by atoms with Crippen molar-refractivity contribution < 1.29 is 18.8 Å². The number of methoxy groups -OCH3 is 1. The van der Waals surface area contributed by atoms with E-state index in [1.54, 1.807) is 12.1 Å². The molecular weight excluding hydrogens is 277 g/mol. The fourth-order valence-electron chi connectivity index (χ4n) is 1.89. The van der Waals surface area contributed by atoms with E-state index in [0.29, 0.717) is 11.5 Å². The van der Waals surface area contributed by atoms with Crippen LogP contribution in [-0.4, -0.2) is 12.0 Å². The Hall–Kier alpha value is -2.63. The molecule has 0 aliphatic heterocycles. The monoisotopic (exact) mass is 291 g/mol. The van der Waals surface area contributed by atoms with Gasteiger partial charge >= 0.3 is 5.69 Å². The lowest BCUT2D eigenvalue weighted by molar-refractivity contribution is -0.388. The van der Waals surface area contributed by atoms with Gasteiger partial charge in [0.1, 0.15) is 0 Å². The van der Waals surface area contributed by atoms with Gasteiger partial charge in [-0.2, -0.15) is 4.39 Å². The summed E-state index contributed by atoms with van der Waals surface area (Å²) in [4.78, 5) is 10.1. The maximum absolute atomic E-state index is 13.6. The number of nitro benzene ring substituents is 1. The van der Waals surface area contributed by atoms with Crippen LogP contribution in [-0.2, 0) is 6.42 Å². The average molecular weight is 291 g/mol. The van der Waals surface area contributed by atoms with Crippen LogP contribution in [0.3, 0.4) is 0 Å². The van der Waals surface area contributed by atoms with E-state index < -0.39 is 16.4 Å². The topological polar surface area (TPSA) is 61.6 Å². The largest absolute Gasteiger partial charge is 0.493 e. The Balaban J connectivity index is 2.43. The van der Waals surface area contributed by atoms with Gasteiger partial charge in [-0.25, -0.2) is 0 Å². The van der Waals surface area contributed by atoms with Gasteiger partial charge in [0.25, 0.3) is 0 Å². The summed E-state index contributed by atoms with van der Waals surface area (Å²) in [5.74, 6) is -0.375. The van der Waals surface area contributed by atoms with Crippen molar-refractivity contribution in [2.75, 3.05) is 7.11 Å². The SMILES string of the molecule is CCc1ccc(Oc2cccc(F)c2[N+](=O)[O-])c(OC)c1. The number of para-hydroxylation sites is 1. The molecule has 0 bridgehead atoms. The summed E-state index contributed by atoms with van der Waals surface area (Å²) in [5.41, 5.74) is 0.340. The fourth-order valence-corrected chi connectivity index (χ4v) is 1.89. The second-order valence-corrected chi connectivity index (χ2v) is 4.28.